The summed E-state index contributed by atoms with van der Waals surface area (Å²) in [4.78, 5) is 13.9. The molecule has 1 aromatic carbocycles. The van der Waals surface area contributed by atoms with Crippen molar-refractivity contribution in [1.29, 1.82) is 0 Å². The van der Waals surface area contributed by atoms with Gasteiger partial charge in [0.05, 0.1) is 0 Å². The van der Waals surface area contributed by atoms with E-state index in [-0.39, 0.29) is 5.82 Å². The minimum absolute atomic E-state index is 0.130. The highest BCUT2D eigenvalue weighted by Gasteiger charge is 2.13. The average molecular weight is 275 g/mol. The third-order valence-electron chi connectivity index (χ3n) is 1.70. The van der Waals surface area contributed by atoms with E-state index in [0.29, 0.717) is 15.6 Å². The lowest BCUT2D eigenvalue weighted by molar-refractivity contribution is 0.125. The molecule has 0 bridgehead atoms. The van der Waals surface area contributed by atoms with Crippen molar-refractivity contribution in [2.45, 2.75) is 0 Å². The van der Waals surface area contributed by atoms with E-state index >= 15 is 0 Å². The van der Waals surface area contributed by atoms with Crippen LogP contribution in [0.15, 0.2) is 22.7 Å². The average Bonchev–Trinajstić information content (AvgIpc) is 2.63. The maximum Gasteiger partial charge on any atom is 0.514 e. The zero-order valence-corrected chi connectivity index (χ0v) is 9.57. The van der Waals surface area contributed by atoms with Crippen LogP contribution in [0.4, 0.5) is 4.79 Å². The Hall–Kier alpha value is -1.79. The van der Waals surface area contributed by atoms with Gasteiger partial charge in [-0.1, -0.05) is 28.4 Å². The lowest BCUT2D eigenvalue weighted by atomic mass is 10.2. The monoisotopic (exact) mass is 274 g/mol. The third-order valence-corrected chi connectivity index (χ3v) is 2.14. The first-order chi connectivity index (χ1) is 8.04. The van der Waals surface area contributed by atoms with E-state index in [1.165, 1.54) is 0 Å². The van der Waals surface area contributed by atoms with Crippen LogP contribution in [0, 0.1) is 0 Å². The molecule has 1 heterocycles. The Bertz CT molecular complexity index is 550. The summed E-state index contributed by atoms with van der Waals surface area (Å²) in [5.41, 5.74) is 0.492. The molecule has 0 atom stereocenters. The van der Waals surface area contributed by atoms with Crippen molar-refractivity contribution in [1.82, 2.24) is 10.1 Å². The van der Waals surface area contributed by atoms with Crippen molar-refractivity contribution in [2.75, 3.05) is 0 Å². The molecule has 0 aliphatic carbocycles. The fourth-order valence-corrected chi connectivity index (χ4v) is 1.65. The number of hydrogen-bond acceptors (Lipinski definition) is 5. The Kier molecular flexibility index (Phi) is 3.16. The summed E-state index contributed by atoms with van der Waals surface area (Å²) < 4.78 is 8.75. The maximum absolute atomic E-state index is 10.2. The summed E-state index contributed by atoms with van der Waals surface area (Å²) in [7, 11) is 0. The Morgan fingerprint density at radius 1 is 1.29 bits per heavy atom. The van der Waals surface area contributed by atoms with Crippen LogP contribution in [0.2, 0.25) is 10.0 Å². The van der Waals surface area contributed by atoms with Crippen molar-refractivity contribution >= 4 is 29.4 Å². The highest BCUT2D eigenvalue weighted by Crippen LogP contribution is 2.26. The van der Waals surface area contributed by atoms with Crippen LogP contribution in [0.5, 0.6) is 6.08 Å². The molecule has 0 saturated carbocycles. The molecule has 8 heteroatoms. The van der Waals surface area contributed by atoms with Gasteiger partial charge in [-0.05, 0) is 18.2 Å². The number of ether oxygens (including phenoxy) is 1. The van der Waals surface area contributed by atoms with E-state index in [2.05, 4.69) is 19.4 Å². The first-order valence-electron chi connectivity index (χ1n) is 4.25. The molecule has 0 spiro atoms. The summed E-state index contributed by atoms with van der Waals surface area (Å²) in [5.74, 6) is 0.130. The van der Waals surface area contributed by atoms with Gasteiger partial charge >= 0.3 is 12.2 Å². The van der Waals surface area contributed by atoms with Crippen LogP contribution < -0.4 is 4.74 Å². The number of benzene rings is 1. The normalized spacial score (nSPS) is 10.2. The standard InChI is InChI=1S/C9H4Cl2N2O4/c10-5-1-4(2-6(11)3-5)7-12-8(17-13-7)16-9(14)15/h1-3H,(H,14,15). The second-order valence-corrected chi connectivity index (χ2v) is 3.78. The first-order valence-corrected chi connectivity index (χ1v) is 5.01. The topological polar surface area (TPSA) is 85.5 Å². The molecule has 1 N–H and O–H groups in total. The number of rotatable bonds is 2. The van der Waals surface area contributed by atoms with Crippen molar-refractivity contribution in [3.63, 3.8) is 0 Å². The van der Waals surface area contributed by atoms with Gasteiger partial charge in [-0.15, -0.1) is 0 Å². The van der Waals surface area contributed by atoms with E-state index in [9.17, 15) is 4.79 Å². The van der Waals surface area contributed by atoms with E-state index in [0.717, 1.165) is 0 Å². The molecular weight excluding hydrogens is 271 g/mol. The number of carbonyl (C=O) groups is 1. The van der Waals surface area contributed by atoms with Gasteiger partial charge in [0, 0.05) is 15.6 Å². The van der Waals surface area contributed by atoms with Gasteiger partial charge in [-0.3, -0.25) is 4.52 Å². The predicted molar refractivity (Wildman–Crippen MR) is 58.4 cm³/mol. The van der Waals surface area contributed by atoms with E-state index in [1.54, 1.807) is 18.2 Å². The van der Waals surface area contributed by atoms with Crippen molar-refractivity contribution in [3.8, 4) is 17.5 Å². The number of carboxylic acid groups (broad SMARTS) is 1. The largest absolute Gasteiger partial charge is 0.514 e. The minimum atomic E-state index is -1.54. The van der Waals surface area contributed by atoms with Gasteiger partial charge in [-0.25, -0.2) is 4.79 Å². The van der Waals surface area contributed by atoms with Crippen molar-refractivity contribution in [3.05, 3.63) is 28.2 Å². The van der Waals surface area contributed by atoms with Gasteiger partial charge in [0.1, 0.15) is 0 Å². The Morgan fingerprint density at radius 2 is 1.94 bits per heavy atom. The molecule has 1 aromatic heterocycles. The molecule has 0 aliphatic rings. The second kappa shape index (κ2) is 4.60. The van der Waals surface area contributed by atoms with Gasteiger partial charge in [0.2, 0.25) is 5.82 Å². The number of halogens is 2. The summed E-state index contributed by atoms with van der Waals surface area (Å²) in [5, 5.41) is 12.7. The molecule has 0 fully saturated rings. The van der Waals surface area contributed by atoms with Crippen LogP contribution in [-0.2, 0) is 0 Å². The first kappa shape index (κ1) is 11.7. The molecule has 0 aliphatic heterocycles. The van der Waals surface area contributed by atoms with Crippen molar-refractivity contribution in [2.24, 2.45) is 0 Å². The van der Waals surface area contributed by atoms with E-state index < -0.39 is 12.2 Å². The molecule has 88 valence electrons. The fraction of sp³-hybridized carbons (Fsp3) is 0. The lowest BCUT2D eigenvalue weighted by Crippen LogP contribution is -2.02. The summed E-state index contributed by atoms with van der Waals surface area (Å²) in [6, 6.07) is 4.66. The Labute approximate surface area is 105 Å². The Balaban J connectivity index is 2.33. The minimum Gasteiger partial charge on any atom is -0.449 e. The molecule has 17 heavy (non-hydrogen) atoms. The van der Waals surface area contributed by atoms with Gasteiger partial charge < -0.3 is 9.84 Å². The molecule has 2 rings (SSSR count). The SMILES string of the molecule is O=C(O)Oc1nc(-c2cc(Cl)cc(Cl)c2)no1. The highest BCUT2D eigenvalue weighted by molar-refractivity contribution is 6.35. The van der Waals surface area contributed by atoms with Crippen LogP contribution in [0.1, 0.15) is 0 Å². The van der Waals surface area contributed by atoms with Gasteiger partial charge in [0.25, 0.3) is 0 Å². The molecule has 0 unspecified atom stereocenters. The smallest absolute Gasteiger partial charge is 0.449 e. The predicted octanol–water partition coefficient (Wildman–Crippen LogP) is 3.10. The third kappa shape index (κ3) is 2.86. The number of nitrogens with zero attached hydrogens (tertiary/aromatic N) is 2. The van der Waals surface area contributed by atoms with Crippen molar-refractivity contribution < 1.29 is 19.2 Å². The summed E-state index contributed by atoms with van der Waals surface area (Å²) >= 11 is 11.6. The fourth-order valence-electron chi connectivity index (χ4n) is 1.13. The number of aromatic nitrogens is 2. The molecule has 2 aromatic rings. The van der Waals surface area contributed by atoms with Crippen LogP contribution in [0.3, 0.4) is 0 Å². The quantitative estimate of drug-likeness (QED) is 0.847. The van der Waals surface area contributed by atoms with E-state index in [1.807, 2.05) is 0 Å². The molecule has 0 radical (unpaired) electrons. The molecule has 0 amide bonds. The summed E-state index contributed by atoms with van der Waals surface area (Å²) in [6.45, 7) is 0. The zero-order valence-electron chi connectivity index (χ0n) is 8.05. The van der Waals surface area contributed by atoms with E-state index in [4.69, 9.17) is 28.3 Å². The lowest BCUT2D eigenvalue weighted by Gasteiger charge is -1.96. The van der Waals surface area contributed by atoms with Crippen LogP contribution in [0.25, 0.3) is 11.4 Å². The molecule has 6 nitrogen and oxygen atoms in total. The Morgan fingerprint density at radius 3 is 2.53 bits per heavy atom. The van der Waals surface area contributed by atoms with Crippen LogP contribution in [-0.4, -0.2) is 21.4 Å². The highest BCUT2D eigenvalue weighted by atomic mass is 35.5. The van der Waals surface area contributed by atoms with Crippen LogP contribution >= 0.6 is 23.2 Å². The molecular formula is C9H4Cl2N2O4. The maximum atomic E-state index is 10.2. The van der Waals surface area contributed by atoms with Gasteiger partial charge in [0.15, 0.2) is 0 Å². The zero-order chi connectivity index (χ0) is 12.4. The molecule has 0 saturated heterocycles. The second-order valence-electron chi connectivity index (χ2n) is 2.91. The number of hydrogen-bond donors (Lipinski definition) is 1. The van der Waals surface area contributed by atoms with Gasteiger partial charge in [-0.2, -0.15) is 4.98 Å². The summed E-state index contributed by atoms with van der Waals surface area (Å²) in [6.07, 6.45) is -2.01.